The van der Waals surface area contributed by atoms with Gasteiger partial charge >= 0.3 is 0 Å². The highest BCUT2D eigenvalue weighted by Gasteiger charge is 2.17. The van der Waals surface area contributed by atoms with Crippen LogP contribution in [-0.2, 0) is 6.54 Å². The zero-order valence-electron chi connectivity index (χ0n) is 10.0. The third kappa shape index (κ3) is 3.38. The first-order chi connectivity index (χ1) is 7.99. The molecule has 0 aromatic heterocycles. The van der Waals surface area contributed by atoms with E-state index in [0.29, 0.717) is 5.56 Å². The molecule has 1 aromatic carbocycles. The van der Waals surface area contributed by atoms with Crippen LogP contribution in [0.4, 0.5) is 14.5 Å². The second-order valence-electron chi connectivity index (χ2n) is 4.32. The Bertz CT molecular complexity index is 360. The Kier molecular flexibility index (Phi) is 4.84. The fourth-order valence-electron chi connectivity index (χ4n) is 1.49. The molecule has 1 unspecified atom stereocenters. The molecule has 17 heavy (non-hydrogen) atoms. The minimum Gasteiger partial charge on any atom is -0.394 e. The van der Waals surface area contributed by atoms with Crippen molar-refractivity contribution < 1.29 is 13.9 Å². The number of aliphatic hydroxyl groups is 1. The number of halogens is 2. The molecule has 0 heterocycles. The highest BCUT2D eigenvalue weighted by atomic mass is 19.1. The van der Waals surface area contributed by atoms with E-state index in [0.717, 1.165) is 0 Å². The van der Waals surface area contributed by atoms with Crippen LogP contribution >= 0.6 is 0 Å². The fourth-order valence-corrected chi connectivity index (χ4v) is 1.49. The van der Waals surface area contributed by atoms with Gasteiger partial charge in [-0.2, -0.15) is 0 Å². The van der Waals surface area contributed by atoms with Crippen LogP contribution in [0.2, 0.25) is 0 Å². The Morgan fingerprint density at radius 1 is 1.29 bits per heavy atom. The maximum absolute atomic E-state index is 13.6. The van der Waals surface area contributed by atoms with Crippen LogP contribution in [0.1, 0.15) is 19.4 Å². The minimum absolute atomic E-state index is 0.0629. The Morgan fingerprint density at radius 3 is 2.18 bits per heavy atom. The molecule has 3 nitrogen and oxygen atoms in total. The molecular weight excluding hydrogens is 226 g/mol. The average molecular weight is 244 g/mol. The van der Waals surface area contributed by atoms with E-state index < -0.39 is 11.6 Å². The highest BCUT2D eigenvalue weighted by molar-refractivity contribution is 5.49. The number of anilines is 1. The summed E-state index contributed by atoms with van der Waals surface area (Å²) in [6, 6.07) is 2.00. The van der Waals surface area contributed by atoms with Crippen molar-refractivity contribution in [3.8, 4) is 0 Å². The van der Waals surface area contributed by atoms with E-state index in [-0.39, 0.29) is 30.8 Å². The number of hydrogen-bond donors (Lipinski definition) is 3. The van der Waals surface area contributed by atoms with E-state index in [9.17, 15) is 8.78 Å². The molecule has 0 aliphatic carbocycles. The lowest BCUT2D eigenvalue weighted by molar-refractivity contribution is 0.248. The van der Waals surface area contributed by atoms with Gasteiger partial charge in [0.2, 0.25) is 0 Å². The van der Waals surface area contributed by atoms with Gasteiger partial charge in [0.1, 0.15) is 17.3 Å². The van der Waals surface area contributed by atoms with Gasteiger partial charge in [-0.3, -0.25) is 0 Å². The minimum atomic E-state index is -0.690. The normalized spacial score (nSPS) is 12.9. The van der Waals surface area contributed by atoms with E-state index in [1.165, 1.54) is 12.1 Å². The van der Waals surface area contributed by atoms with E-state index in [2.05, 4.69) is 5.32 Å². The summed E-state index contributed by atoms with van der Waals surface area (Å²) in [6.45, 7) is 3.62. The molecule has 0 bridgehead atoms. The zero-order chi connectivity index (χ0) is 13.0. The molecular formula is C12H18F2N2O. The van der Waals surface area contributed by atoms with E-state index in [1.54, 1.807) is 0 Å². The molecule has 96 valence electrons. The predicted octanol–water partition coefficient (Wildman–Crippen LogP) is 1.85. The summed E-state index contributed by atoms with van der Waals surface area (Å²) in [5.41, 5.74) is 5.51. The maximum Gasteiger partial charge on any atom is 0.149 e. The SMILES string of the molecule is CC(C)C(CO)Nc1c(F)cc(CN)cc1F. The van der Waals surface area contributed by atoms with Gasteiger partial charge in [-0.25, -0.2) is 8.78 Å². The largest absolute Gasteiger partial charge is 0.394 e. The second kappa shape index (κ2) is 5.93. The third-order valence-electron chi connectivity index (χ3n) is 2.67. The summed E-state index contributed by atoms with van der Waals surface area (Å²) in [7, 11) is 0. The standard InChI is InChI=1S/C12H18F2N2O/c1-7(2)11(6-17)16-12-9(13)3-8(5-15)4-10(12)14/h3-4,7,11,16-17H,5-6,15H2,1-2H3. The zero-order valence-corrected chi connectivity index (χ0v) is 10.0. The van der Waals surface area contributed by atoms with Crippen molar-refractivity contribution in [1.82, 2.24) is 0 Å². The van der Waals surface area contributed by atoms with Crippen LogP contribution in [-0.4, -0.2) is 17.8 Å². The summed E-state index contributed by atoms with van der Waals surface area (Å²) in [6.07, 6.45) is 0. The number of aliphatic hydroxyl groups excluding tert-OH is 1. The summed E-state index contributed by atoms with van der Waals surface area (Å²) >= 11 is 0. The van der Waals surface area contributed by atoms with Gasteiger partial charge in [-0.1, -0.05) is 13.8 Å². The van der Waals surface area contributed by atoms with Crippen LogP contribution in [0.3, 0.4) is 0 Å². The van der Waals surface area contributed by atoms with E-state index >= 15 is 0 Å². The topological polar surface area (TPSA) is 58.3 Å². The van der Waals surface area contributed by atoms with Crippen LogP contribution in [0, 0.1) is 17.6 Å². The van der Waals surface area contributed by atoms with Gasteiger partial charge in [0, 0.05) is 6.54 Å². The monoisotopic (exact) mass is 244 g/mol. The first-order valence-electron chi connectivity index (χ1n) is 5.55. The van der Waals surface area contributed by atoms with Gasteiger partial charge in [-0.15, -0.1) is 0 Å². The summed E-state index contributed by atoms with van der Waals surface area (Å²) in [5, 5.41) is 11.8. The summed E-state index contributed by atoms with van der Waals surface area (Å²) in [4.78, 5) is 0. The third-order valence-corrected chi connectivity index (χ3v) is 2.67. The van der Waals surface area contributed by atoms with Crippen LogP contribution in [0.5, 0.6) is 0 Å². The molecule has 5 heteroatoms. The van der Waals surface area contributed by atoms with Crippen molar-refractivity contribution >= 4 is 5.69 Å². The van der Waals surface area contributed by atoms with Crippen LogP contribution < -0.4 is 11.1 Å². The number of hydrogen-bond acceptors (Lipinski definition) is 3. The first-order valence-corrected chi connectivity index (χ1v) is 5.55. The number of rotatable bonds is 5. The van der Waals surface area contributed by atoms with Crippen LogP contribution in [0.15, 0.2) is 12.1 Å². The fraction of sp³-hybridized carbons (Fsp3) is 0.500. The number of nitrogens with one attached hydrogen (secondary N) is 1. The molecule has 1 aromatic rings. The van der Waals surface area contributed by atoms with Crippen molar-refractivity contribution in [2.45, 2.75) is 26.4 Å². The maximum atomic E-state index is 13.6. The number of benzene rings is 1. The van der Waals surface area contributed by atoms with Crippen molar-refractivity contribution in [3.63, 3.8) is 0 Å². The Morgan fingerprint density at radius 2 is 1.82 bits per heavy atom. The average Bonchev–Trinajstić information content (AvgIpc) is 2.27. The van der Waals surface area contributed by atoms with E-state index in [1.807, 2.05) is 13.8 Å². The molecule has 0 saturated carbocycles. The van der Waals surface area contributed by atoms with Crippen molar-refractivity contribution in [3.05, 3.63) is 29.3 Å². The van der Waals surface area contributed by atoms with E-state index in [4.69, 9.17) is 10.8 Å². The van der Waals surface area contributed by atoms with Crippen LogP contribution in [0.25, 0.3) is 0 Å². The summed E-state index contributed by atoms with van der Waals surface area (Å²) < 4.78 is 27.2. The van der Waals surface area contributed by atoms with Gasteiger partial charge in [0.05, 0.1) is 12.6 Å². The second-order valence-corrected chi connectivity index (χ2v) is 4.32. The van der Waals surface area contributed by atoms with Gasteiger partial charge < -0.3 is 16.2 Å². The Balaban J connectivity index is 2.98. The Labute approximate surface area is 99.6 Å². The molecule has 0 amide bonds. The molecule has 0 radical (unpaired) electrons. The van der Waals surface area contributed by atoms with Crippen molar-refractivity contribution in [2.24, 2.45) is 11.7 Å². The predicted molar refractivity (Wildman–Crippen MR) is 63.6 cm³/mol. The van der Waals surface area contributed by atoms with Crippen molar-refractivity contribution in [2.75, 3.05) is 11.9 Å². The highest BCUT2D eigenvalue weighted by Crippen LogP contribution is 2.22. The van der Waals surface area contributed by atoms with Crippen molar-refractivity contribution in [1.29, 1.82) is 0 Å². The number of nitrogens with two attached hydrogens (primary N) is 1. The lowest BCUT2D eigenvalue weighted by Gasteiger charge is -2.22. The lowest BCUT2D eigenvalue weighted by Crippen LogP contribution is -2.30. The van der Waals surface area contributed by atoms with Gasteiger partial charge in [0.15, 0.2) is 0 Å². The van der Waals surface area contributed by atoms with Gasteiger partial charge in [-0.05, 0) is 23.6 Å². The smallest absolute Gasteiger partial charge is 0.149 e. The molecule has 0 spiro atoms. The molecule has 0 saturated heterocycles. The molecule has 0 aliphatic rings. The molecule has 1 rings (SSSR count). The first kappa shape index (κ1) is 13.9. The quantitative estimate of drug-likeness (QED) is 0.741. The molecule has 0 fully saturated rings. The molecule has 1 atom stereocenters. The Hall–Kier alpha value is -1.20. The molecule has 4 N–H and O–H groups in total. The molecule has 0 aliphatic heterocycles. The lowest BCUT2D eigenvalue weighted by atomic mass is 10.0. The summed E-state index contributed by atoms with van der Waals surface area (Å²) in [5.74, 6) is -1.32. The van der Waals surface area contributed by atoms with Gasteiger partial charge in [0.25, 0.3) is 0 Å².